The summed E-state index contributed by atoms with van der Waals surface area (Å²) in [5.74, 6) is 2.05. The lowest BCUT2D eigenvalue weighted by atomic mass is 9.44. The number of hydrogen-bond donors (Lipinski definition) is 2. The fourth-order valence-electron chi connectivity index (χ4n) is 7.84. The van der Waals surface area contributed by atoms with Crippen LogP contribution in [0.15, 0.2) is 0 Å². The number of carboxylic acids is 1. The summed E-state index contributed by atoms with van der Waals surface area (Å²) in [6.07, 6.45) is 9.84. The van der Waals surface area contributed by atoms with Crippen LogP contribution in [0.25, 0.3) is 0 Å². The van der Waals surface area contributed by atoms with Crippen LogP contribution in [0.4, 0.5) is 0 Å². The number of aliphatic carboxylic acids is 1. The van der Waals surface area contributed by atoms with Crippen LogP contribution in [0.2, 0.25) is 0 Å². The molecule has 3 nitrogen and oxygen atoms in total. The van der Waals surface area contributed by atoms with Crippen LogP contribution >= 0.6 is 0 Å². The van der Waals surface area contributed by atoms with E-state index in [1.165, 1.54) is 19.3 Å². The van der Waals surface area contributed by atoms with Gasteiger partial charge in [0.25, 0.3) is 0 Å². The third kappa shape index (κ3) is 2.22. The van der Waals surface area contributed by atoms with E-state index in [-0.39, 0.29) is 11.3 Å². The molecule has 0 spiro atoms. The van der Waals surface area contributed by atoms with Crippen LogP contribution in [0.5, 0.6) is 0 Å². The number of hydrogen-bond acceptors (Lipinski definition) is 2. The van der Waals surface area contributed by atoms with Crippen LogP contribution in [0.1, 0.15) is 78.6 Å². The van der Waals surface area contributed by atoms with Crippen LogP contribution in [-0.4, -0.2) is 21.8 Å². The summed E-state index contributed by atoms with van der Waals surface area (Å²) >= 11 is 0. The van der Waals surface area contributed by atoms with Crippen molar-refractivity contribution in [1.82, 2.24) is 0 Å². The zero-order chi connectivity index (χ0) is 17.3. The van der Waals surface area contributed by atoms with Gasteiger partial charge in [-0.1, -0.05) is 13.8 Å². The Morgan fingerprint density at radius 3 is 2.29 bits per heavy atom. The van der Waals surface area contributed by atoms with Gasteiger partial charge < -0.3 is 10.2 Å². The van der Waals surface area contributed by atoms with Crippen molar-refractivity contribution in [2.45, 2.75) is 84.2 Å². The Labute approximate surface area is 146 Å². The minimum Gasteiger partial charge on any atom is -0.481 e. The van der Waals surface area contributed by atoms with Crippen molar-refractivity contribution in [3.05, 3.63) is 0 Å². The van der Waals surface area contributed by atoms with Crippen LogP contribution < -0.4 is 0 Å². The van der Waals surface area contributed by atoms with Gasteiger partial charge in [-0.05, 0) is 99.2 Å². The second-order valence-electron chi connectivity index (χ2n) is 10.4. The Hall–Kier alpha value is -0.570. The Morgan fingerprint density at radius 2 is 1.58 bits per heavy atom. The SMILES string of the molecule is C[C@@]1(O)CC[C@@]2(C)[C@H](CCC3[C@@H]2CC[C@]2(C)[C@@H](C(=O)O)CC[C@@H]32)C1. The molecule has 0 aliphatic heterocycles. The average molecular weight is 335 g/mol. The maximum atomic E-state index is 11.8. The molecule has 0 aromatic rings. The molecular weight excluding hydrogens is 300 g/mol. The molecule has 0 radical (unpaired) electrons. The summed E-state index contributed by atoms with van der Waals surface area (Å²) in [5.41, 5.74) is -0.0773. The number of carbonyl (C=O) groups is 1. The molecule has 2 N–H and O–H groups in total. The van der Waals surface area contributed by atoms with Crippen LogP contribution in [0.3, 0.4) is 0 Å². The zero-order valence-corrected chi connectivity index (χ0v) is 15.6. The van der Waals surface area contributed by atoms with E-state index in [4.69, 9.17) is 0 Å². The lowest BCUT2D eigenvalue weighted by molar-refractivity contribution is -0.159. The van der Waals surface area contributed by atoms with Gasteiger partial charge >= 0.3 is 5.97 Å². The lowest BCUT2D eigenvalue weighted by Gasteiger charge is -2.61. The predicted octanol–water partition coefficient (Wildman–Crippen LogP) is 4.48. The summed E-state index contributed by atoms with van der Waals surface area (Å²) < 4.78 is 0. The summed E-state index contributed by atoms with van der Waals surface area (Å²) in [4.78, 5) is 11.8. The van der Waals surface area contributed by atoms with E-state index >= 15 is 0 Å². The second kappa shape index (κ2) is 5.22. The topological polar surface area (TPSA) is 57.5 Å². The van der Waals surface area contributed by atoms with Crippen molar-refractivity contribution in [3.8, 4) is 0 Å². The molecule has 4 fully saturated rings. The molecule has 0 aromatic heterocycles. The van der Waals surface area contributed by atoms with E-state index in [1.54, 1.807) is 0 Å². The molecule has 1 unspecified atom stereocenters. The minimum absolute atomic E-state index is 0.0242. The zero-order valence-electron chi connectivity index (χ0n) is 15.6. The third-order valence-electron chi connectivity index (χ3n) is 9.25. The van der Waals surface area contributed by atoms with E-state index in [0.29, 0.717) is 17.3 Å². The summed E-state index contributed by atoms with van der Waals surface area (Å²) in [5, 5.41) is 20.2. The molecule has 136 valence electrons. The molecule has 4 aliphatic rings. The Morgan fingerprint density at radius 1 is 0.875 bits per heavy atom. The first-order chi connectivity index (χ1) is 11.2. The van der Waals surface area contributed by atoms with Crippen molar-refractivity contribution in [2.24, 2.45) is 40.4 Å². The first-order valence-corrected chi connectivity index (χ1v) is 10.1. The van der Waals surface area contributed by atoms with Gasteiger partial charge in [0.05, 0.1) is 11.5 Å². The lowest BCUT2D eigenvalue weighted by Crippen LogP contribution is -2.55. The maximum Gasteiger partial charge on any atom is 0.307 e. The van der Waals surface area contributed by atoms with E-state index in [0.717, 1.165) is 50.4 Å². The van der Waals surface area contributed by atoms with Gasteiger partial charge in [0.2, 0.25) is 0 Å². The highest BCUT2D eigenvalue weighted by Crippen LogP contribution is 2.67. The molecule has 0 heterocycles. The quantitative estimate of drug-likeness (QED) is 0.743. The first-order valence-electron chi connectivity index (χ1n) is 10.1. The normalized spacial score (nSPS) is 56.9. The maximum absolute atomic E-state index is 11.8. The van der Waals surface area contributed by atoms with Gasteiger partial charge in [0.1, 0.15) is 0 Å². The first kappa shape index (κ1) is 16.9. The molecule has 4 aliphatic carbocycles. The van der Waals surface area contributed by atoms with Gasteiger partial charge in [-0.3, -0.25) is 4.79 Å². The van der Waals surface area contributed by atoms with Crippen LogP contribution in [0, 0.1) is 40.4 Å². The number of rotatable bonds is 1. The number of aliphatic hydroxyl groups is 1. The minimum atomic E-state index is -0.563. The number of carboxylic acid groups (broad SMARTS) is 1. The van der Waals surface area contributed by atoms with Crippen molar-refractivity contribution in [1.29, 1.82) is 0 Å². The third-order valence-corrected chi connectivity index (χ3v) is 9.25. The molecular formula is C21H34O3. The van der Waals surface area contributed by atoms with E-state index < -0.39 is 11.6 Å². The highest BCUT2D eigenvalue weighted by molar-refractivity contribution is 5.71. The van der Waals surface area contributed by atoms with Crippen LogP contribution in [-0.2, 0) is 4.79 Å². The van der Waals surface area contributed by atoms with Crippen molar-refractivity contribution in [3.63, 3.8) is 0 Å². The molecule has 0 amide bonds. The van der Waals surface area contributed by atoms with E-state index in [1.807, 2.05) is 6.92 Å². The fourth-order valence-corrected chi connectivity index (χ4v) is 7.84. The van der Waals surface area contributed by atoms with Gasteiger partial charge in [-0.25, -0.2) is 0 Å². The predicted molar refractivity (Wildman–Crippen MR) is 93.5 cm³/mol. The van der Waals surface area contributed by atoms with Gasteiger partial charge in [-0.15, -0.1) is 0 Å². The largest absolute Gasteiger partial charge is 0.481 e. The van der Waals surface area contributed by atoms with Gasteiger partial charge in [-0.2, -0.15) is 0 Å². The van der Waals surface area contributed by atoms with E-state index in [9.17, 15) is 15.0 Å². The van der Waals surface area contributed by atoms with Crippen molar-refractivity contribution >= 4 is 5.97 Å². The van der Waals surface area contributed by atoms with E-state index in [2.05, 4.69) is 13.8 Å². The molecule has 4 saturated carbocycles. The molecule has 8 atom stereocenters. The van der Waals surface area contributed by atoms with Crippen molar-refractivity contribution < 1.29 is 15.0 Å². The molecule has 0 bridgehead atoms. The summed E-state index contributed by atoms with van der Waals surface area (Å²) in [7, 11) is 0. The smallest absolute Gasteiger partial charge is 0.307 e. The molecule has 0 saturated heterocycles. The molecule has 24 heavy (non-hydrogen) atoms. The molecule has 3 heteroatoms. The monoisotopic (exact) mass is 334 g/mol. The Bertz CT molecular complexity index is 541. The number of fused-ring (bicyclic) bond motifs is 5. The van der Waals surface area contributed by atoms with Gasteiger partial charge in [0.15, 0.2) is 0 Å². The standard InChI is InChI=1S/C21H34O3/c1-19(24)10-11-20(2)13(12-19)4-5-14-15-6-7-17(18(22)23)21(15,3)9-8-16(14)20/h13-17,24H,4-12H2,1-3H3,(H,22,23)/t13-,14?,15+,16+,17-,19-,20+,21+/m1/s1. The highest BCUT2D eigenvalue weighted by atomic mass is 16.4. The summed E-state index contributed by atoms with van der Waals surface area (Å²) in [6, 6.07) is 0. The van der Waals surface area contributed by atoms with Crippen molar-refractivity contribution in [2.75, 3.05) is 0 Å². The van der Waals surface area contributed by atoms with Gasteiger partial charge in [0, 0.05) is 0 Å². The second-order valence-corrected chi connectivity index (χ2v) is 10.4. The molecule has 0 aromatic carbocycles. The highest BCUT2D eigenvalue weighted by Gasteiger charge is 2.61. The fraction of sp³-hybridized carbons (Fsp3) is 0.952. The Balaban J connectivity index is 1.61. The average Bonchev–Trinajstić information content (AvgIpc) is 2.85. The molecule has 4 rings (SSSR count). The Kier molecular flexibility index (Phi) is 3.67. The summed E-state index contributed by atoms with van der Waals surface area (Å²) in [6.45, 7) is 6.79.